The fourth-order valence-corrected chi connectivity index (χ4v) is 4.72. The van der Waals surface area contributed by atoms with E-state index in [4.69, 9.17) is 0 Å². The molecule has 0 saturated heterocycles. The lowest BCUT2D eigenvalue weighted by atomic mass is 10.0. The van der Waals surface area contributed by atoms with Gasteiger partial charge in [0, 0.05) is 31.9 Å². The van der Waals surface area contributed by atoms with Crippen LogP contribution < -0.4 is 0 Å². The smallest absolute Gasteiger partial charge is 0.105 e. The van der Waals surface area contributed by atoms with E-state index in [9.17, 15) is 0 Å². The van der Waals surface area contributed by atoms with Gasteiger partial charge in [-0.3, -0.25) is 0 Å². The minimum Gasteiger partial charge on any atom is -0.356 e. The number of unbranched alkanes of at least 4 members (excludes halogenated alkanes) is 13. The normalized spacial score (nSPS) is 15.9. The van der Waals surface area contributed by atoms with Crippen LogP contribution in [0.2, 0.25) is 0 Å². The molecule has 0 aliphatic carbocycles. The van der Waals surface area contributed by atoms with Gasteiger partial charge in [0.15, 0.2) is 0 Å². The molecule has 1 atom stereocenters. The van der Waals surface area contributed by atoms with Gasteiger partial charge in [-0.2, -0.15) is 0 Å². The van der Waals surface area contributed by atoms with Gasteiger partial charge in [0.05, 0.1) is 0 Å². The Bertz CT molecular complexity index is 553. The van der Waals surface area contributed by atoms with E-state index in [2.05, 4.69) is 66.4 Å². The van der Waals surface area contributed by atoms with Crippen molar-refractivity contribution in [2.45, 2.75) is 123 Å². The van der Waals surface area contributed by atoms with Gasteiger partial charge in [-0.1, -0.05) is 128 Å². The van der Waals surface area contributed by atoms with Crippen molar-refractivity contribution >= 4 is 0 Å². The molecule has 0 radical (unpaired) electrons. The molecule has 0 amide bonds. The largest absolute Gasteiger partial charge is 0.356 e. The zero-order valence-electron chi connectivity index (χ0n) is 20.7. The number of benzene rings is 1. The number of hydrogen-bond donors (Lipinski definition) is 0. The number of rotatable bonds is 19. The lowest BCUT2D eigenvalue weighted by Crippen LogP contribution is -2.41. The van der Waals surface area contributed by atoms with E-state index in [1.807, 2.05) is 0 Å². The first kappa shape index (κ1) is 25.8. The molecule has 0 fully saturated rings. The molecule has 2 heteroatoms. The van der Waals surface area contributed by atoms with Crippen molar-refractivity contribution in [2.75, 3.05) is 13.1 Å². The monoisotopic (exact) mass is 426 g/mol. The summed E-state index contributed by atoms with van der Waals surface area (Å²) in [6, 6.07) is 11.0. The maximum absolute atomic E-state index is 2.60. The molecule has 1 unspecified atom stereocenters. The van der Waals surface area contributed by atoms with Crippen molar-refractivity contribution in [1.82, 2.24) is 9.80 Å². The summed E-state index contributed by atoms with van der Waals surface area (Å²) < 4.78 is 0. The van der Waals surface area contributed by atoms with Gasteiger partial charge in [0.2, 0.25) is 0 Å². The van der Waals surface area contributed by atoms with Crippen molar-refractivity contribution < 1.29 is 0 Å². The molecule has 0 spiro atoms. The van der Waals surface area contributed by atoms with Gasteiger partial charge in [-0.05, 0) is 18.4 Å². The summed E-state index contributed by atoms with van der Waals surface area (Å²) in [6.07, 6.45) is 27.4. The zero-order chi connectivity index (χ0) is 22.0. The first-order valence-electron chi connectivity index (χ1n) is 13.6. The Morgan fingerprint density at radius 2 is 1.00 bits per heavy atom. The third-order valence-electron chi connectivity index (χ3n) is 6.77. The maximum Gasteiger partial charge on any atom is 0.105 e. The van der Waals surface area contributed by atoms with E-state index in [1.54, 1.807) is 0 Å². The van der Waals surface area contributed by atoms with Gasteiger partial charge in [-0.15, -0.1) is 0 Å². The summed E-state index contributed by atoms with van der Waals surface area (Å²) in [5.41, 5.74) is 1.45. The van der Waals surface area contributed by atoms with Crippen LogP contribution in [0.3, 0.4) is 0 Å². The molecule has 1 aliphatic heterocycles. The van der Waals surface area contributed by atoms with Crippen LogP contribution in [0.25, 0.3) is 0 Å². The standard InChI is InChI=1S/C29H50N2/c1-3-5-7-8-9-10-11-12-13-14-15-16-20-24-31-26-25-30(23-6-4-2)29(31)27-28-21-18-17-19-22-28/h17-19,21-22,25-26,29H,3-16,20,23-24,27H2,1-2H3. The second-order valence-electron chi connectivity index (χ2n) is 9.54. The summed E-state index contributed by atoms with van der Waals surface area (Å²) in [5, 5.41) is 0. The van der Waals surface area contributed by atoms with Crippen LogP contribution in [0.1, 0.15) is 116 Å². The Morgan fingerprint density at radius 3 is 1.52 bits per heavy atom. The van der Waals surface area contributed by atoms with E-state index in [0.717, 1.165) is 6.42 Å². The molecular weight excluding hydrogens is 376 g/mol. The molecular formula is C29H50N2. The van der Waals surface area contributed by atoms with Crippen LogP contribution in [-0.4, -0.2) is 29.1 Å². The fourth-order valence-electron chi connectivity index (χ4n) is 4.72. The van der Waals surface area contributed by atoms with Gasteiger partial charge in [-0.25, -0.2) is 0 Å². The van der Waals surface area contributed by atoms with Crippen LogP contribution in [-0.2, 0) is 6.42 Å². The lowest BCUT2D eigenvalue weighted by Gasteiger charge is -2.33. The van der Waals surface area contributed by atoms with Crippen molar-refractivity contribution in [1.29, 1.82) is 0 Å². The third kappa shape index (κ3) is 11.1. The minimum atomic E-state index is 0.506. The highest BCUT2D eigenvalue weighted by atomic mass is 15.4. The Labute approximate surface area is 194 Å². The van der Waals surface area contributed by atoms with Gasteiger partial charge in [0.1, 0.15) is 6.17 Å². The average Bonchev–Trinajstić information content (AvgIpc) is 3.17. The molecule has 0 bridgehead atoms. The predicted molar refractivity (Wildman–Crippen MR) is 137 cm³/mol. The summed E-state index contributed by atoms with van der Waals surface area (Å²) in [4.78, 5) is 5.17. The number of hydrogen-bond acceptors (Lipinski definition) is 2. The topological polar surface area (TPSA) is 6.48 Å². The Hall–Kier alpha value is -1.44. The van der Waals surface area contributed by atoms with Crippen LogP contribution >= 0.6 is 0 Å². The second-order valence-corrected chi connectivity index (χ2v) is 9.54. The lowest BCUT2D eigenvalue weighted by molar-refractivity contribution is 0.148. The summed E-state index contributed by atoms with van der Waals surface area (Å²) in [5.74, 6) is 0. The molecule has 1 aromatic rings. The van der Waals surface area contributed by atoms with Crippen molar-refractivity contribution in [3.63, 3.8) is 0 Å². The van der Waals surface area contributed by atoms with Crippen LogP contribution in [0, 0.1) is 0 Å². The van der Waals surface area contributed by atoms with E-state index in [0.29, 0.717) is 6.17 Å². The summed E-state index contributed by atoms with van der Waals surface area (Å²) >= 11 is 0. The van der Waals surface area contributed by atoms with Crippen LogP contribution in [0.4, 0.5) is 0 Å². The molecule has 2 nitrogen and oxygen atoms in total. The van der Waals surface area contributed by atoms with Gasteiger partial charge >= 0.3 is 0 Å². The SMILES string of the molecule is CCCCCCCCCCCCCCCN1C=CN(CCCC)C1Cc1ccccc1. The van der Waals surface area contributed by atoms with Gasteiger partial charge in [0.25, 0.3) is 0 Å². The molecule has 0 aromatic heterocycles. The first-order valence-corrected chi connectivity index (χ1v) is 13.6. The van der Waals surface area contributed by atoms with E-state index < -0.39 is 0 Å². The Morgan fingerprint density at radius 1 is 0.548 bits per heavy atom. The average molecular weight is 427 g/mol. The third-order valence-corrected chi connectivity index (χ3v) is 6.77. The minimum absolute atomic E-state index is 0.506. The predicted octanol–water partition coefficient (Wildman–Crippen LogP) is 8.54. The van der Waals surface area contributed by atoms with Gasteiger partial charge < -0.3 is 9.80 Å². The highest BCUT2D eigenvalue weighted by Crippen LogP contribution is 2.22. The second kappa shape index (κ2) is 17.2. The molecule has 31 heavy (non-hydrogen) atoms. The molecule has 0 saturated carbocycles. The van der Waals surface area contributed by atoms with E-state index >= 15 is 0 Å². The van der Waals surface area contributed by atoms with E-state index in [1.165, 1.54) is 115 Å². The number of nitrogens with zero attached hydrogens (tertiary/aromatic N) is 2. The highest BCUT2D eigenvalue weighted by molar-refractivity contribution is 5.17. The Kier molecular flexibility index (Phi) is 14.3. The maximum atomic E-state index is 2.60. The Balaban J connectivity index is 1.56. The quantitative estimate of drug-likeness (QED) is 0.204. The van der Waals surface area contributed by atoms with Crippen molar-refractivity contribution in [2.24, 2.45) is 0 Å². The van der Waals surface area contributed by atoms with Crippen molar-refractivity contribution in [3.05, 3.63) is 48.3 Å². The van der Waals surface area contributed by atoms with Crippen molar-refractivity contribution in [3.8, 4) is 0 Å². The molecule has 0 N–H and O–H groups in total. The highest BCUT2D eigenvalue weighted by Gasteiger charge is 2.25. The summed E-state index contributed by atoms with van der Waals surface area (Å²) in [7, 11) is 0. The summed E-state index contributed by atoms with van der Waals surface area (Å²) in [6.45, 7) is 6.97. The fraction of sp³-hybridized carbons (Fsp3) is 0.724. The first-order chi connectivity index (χ1) is 15.3. The van der Waals surface area contributed by atoms with E-state index in [-0.39, 0.29) is 0 Å². The molecule has 1 heterocycles. The van der Waals surface area contributed by atoms with Crippen LogP contribution in [0.15, 0.2) is 42.7 Å². The molecule has 2 rings (SSSR count). The molecule has 1 aromatic carbocycles. The zero-order valence-corrected chi connectivity index (χ0v) is 20.7. The molecule has 1 aliphatic rings. The molecule has 176 valence electrons. The van der Waals surface area contributed by atoms with Crippen LogP contribution in [0.5, 0.6) is 0 Å².